The third-order valence-corrected chi connectivity index (χ3v) is 9.61. The van der Waals surface area contributed by atoms with Crippen LogP contribution in [0.4, 0.5) is 0 Å². The monoisotopic (exact) mass is 648 g/mol. The largest absolute Gasteiger partial charge is 0.483 e. The summed E-state index contributed by atoms with van der Waals surface area (Å²) in [6.45, 7) is 3.76. The number of ether oxygens (including phenoxy) is 3. The minimum Gasteiger partial charge on any atom is -0.394 e. The van der Waals surface area contributed by atoms with Gasteiger partial charge in [0.1, 0.15) is 36.7 Å². The number of H-pyrrole nitrogens is 1. The van der Waals surface area contributed by atoms with E-state index in [9.17, 15) is 48.9 Å². The van der Waals surface area contributed by atoms with Gasteiger partial charge in [-0.2, -0.15) is 4.31 Å². The van der Waals surface area contributed by atoms with Gasteiger partial charge in [-0.25, -0.2) is 13.9 Å². The van der Waals surface area contributed by atoms with Crippen molar-refractivity contribution < 1.29 is 66.9 Å². The third-order valence-electron chi connectivity index (χ3n) is 7.01. The van der Waals surface area contributed by atoms with Gasteiger partial charge in [0.2, 0.25) is 0 Å². The van der Waals surface area contributed by atoms with Crippen LogP contribution in [0.15, 0.2) is 15.8 Å². The lowest BCUT2D eigenvalue weighted by molar-refractivity contribution is -0.290. The van der Waals surface area contributed by atoms with E-state index in [0.29, 0.717) is 0 Å². The molecule has 2 aliphatic heterocycles. The summed E-state index contributed by atoms with van der Waals surface area (Å²) in [6.07, 6.45) is -9.42. The van der Waals surface area contributed by atoms with Gasteiger partial charge in [-0.05, 0) is 12.8 Å². The van der Waals surface area contributed by atoms with Crippen molar-refractivity contribution in [3.05, 3.63) is 32.6 Å². The number of nitrogens with one attached hydrogen (secondary N) is 1. The summed E-state index contributed by atoms with van der Waals surface area (Å²) in [7, 11) is -10.9. The number of nitrogens with zero attached hydrogens (tertiary/aromatic N) is 1. The van der Waals surface area contributed by atoms with Crippen LogP contribution in [0, 0.1) is 12.8 Å². The molecule has 18 nitrogen and oxygen atoms in total. The molecule has 2 aliphatic rings. The summed E-state index contributed by atoms with van der Waals surface area (Å²) in [5.74, 6) is 0.0725. The molecular formula is C22H38N2O16P2. The van der Waals surface area contributed by atoms with Gasteiger partial charge in [0, 0.05) is 18.2 Å². The number of phosphoric ester groups is 2. The maximum Gasteiger partial charge on any atom is 0.483 e. The fraction of sp³-hybridized carbons (Fsp3) is 0.818. The molecule has 242 valence electrons. The summed E-state index contributed by atoms with van der Waals surface area (Å²) in [6, 6.07) is 0. The molecule has 10 atom stereocenters. The Hall–Kier alpha value is -1.34. The molecule has 1 aromatic rings. The molecule has 0 aliphatic carbocycles. The fourth-order valence-electron chi connectivity index (χ4n) is 4.42. The van der Waals surface area contributed by atoms with E-state index < -0.39 is 89.2 Å². The molecule has 0 bridgehead atoms. The van der Waals surface area contributed by atoms with Crippen molar-refractivity contribution in [2.45, 2.75) is 89.2 Å². The van der Waals surface area contributed by atoms with E-state index in [1.165, 1.54) is 13.1 Å². The first kappa shape index (κ1) is 35.1. The maximum atomic E-state index is 12.6. The van der Waals surface area contributed by atoms with Gasteiger partial charge >= 0.3 is 21.3 Å². The lowest BCUT2D eigenvalue weighted by Crippen LogP contribution is -2.60. The second kappa shape index (κ2) is 14.6. The van der Waals surface area contributed by atoms with Crippen molar-refractivity contribution in [1.82, 2.24) is 9.55 Å². The number of hydrogen-bond donors (Lipinski definition) is 7. The lowest BCUT2D eigenvalue weighted by atomic mass is 9.98. The molecule has 3 heterocycles. The Morgan fingerprint density at radius 3 is 2.36 bits per heavy atom. The van der Waals surface area contributed by atoms with Crippen LogP contribution in [0.3, 0.4) is 0 Å². The third kappa shape index (κ3) is 8.86. The number of aromatic nitrogens is 2. The van der Waals surface area contributed by atoms with Gasteiger partial charge in [-0.1, -0.05) is 26.7 Å². The Labute approximate surface area is 240 Å². The second-order valence-electron chi connectivity index (χ2n) is 10.0. The molecule has 0 saturated carbocycles. The molecule has 2 fully saturated rings. The molecule has 0 amide bonds. The zero-order chi connectivity index (χ0) is 31.4. The predicted molar refractivity (Wildman–Crippen MR) is 140 cm³/mol. The van der Waals surface area contributed by atoms with Crippen molar-refractivity contribution in [2.24, 2.45) is 5.92 Å². The van der Waals surface area contributed by atoms with Gasteiger partial charge < -0.3 is 44.4 Å². The van der Waals surface area contributed by atoms with Crippen LogP contribution in [0.2, 0.25) is 0 Å². The first-order valence-corrected chi connectivity index (χ1v) is 16.2. The topological polar surface area (TPSA) is 266 Å². The summed E-state index contributed by atoms with van der Waals surface area (Å²) in [4.78, 5) is 45.9. The molecule has 3 rings (SSSR count). The van der Waals surface area contributed by atoms with Crippen molar-refractivity contribution >= 4 is 15.6 Å². The van der Waals surface area contributed by atoms with Gasteiger partial charge in [0.05, 0.1) is 25.9 Å². The first-order chi connectivity index (χ1) is 19.6. The SMILES string of the molecule is CCC(CC)CO[C@@H]1[C@@H](O)[C@@H](OP(=O)(O)OP(=O)(O)OC[C@H]2O[C@@H](n3cc(C)c(=O)[nH]c3=O)C[C@@H]2O)O[C@H](CO)[C@H]1O. The van der Waals surface area contributed by atoms with Crippen molar-refractivity contribution in [3.8, 4) is 0 Å². The van der Waals surface area contributed by atoms with Crippen LogP contribution >= 0.6 is 15.6 Å². The van der Waals surface area contributed by atoms with Crippen molar-refractivity contribution in [2.75, 3.05) is 19.8 Å². The average Bonchev–Trinajstić information content (AvgIpc) is 3.28. The van der Waals surface area contributed by atoms with Crippen LogP contribution in [0.1, 0.15) is 44.9 Å². The van der Waals surface area contributed by atoms with Crippen LogP contribution in [-0.2, 0) is 36.7 Å². The first-order valence-electron chi connectivity index (χ1n) is 13.2. The highest BCUT2D eigenvalue weighted by molar-refractivity contribution is 7.61. The quantitative estimate of drug-likeness (QED) is 0.119. The number of aliphatic hydroxyl groups is 4. The summed E-state index contributed by atoms with van der Waals surface area (Å²) < 4.78 is 56.0. The Kier molecular flexibility index (Phi) is 12.2. The standard InChI is InChI=1S/C22H38N2O16P2/c1-4-12(5-2)9-35-19-17(27)14(8-25)38-21(18(19)28)39-42(33,34)40-41(31,32)36-10-15-13(26)6-16(37-15)24-7-11(3)20(29)23-22(24)30/h7,12-19,21,25-28H,4-6,8-10H2,1-3H3,(H,31,32)(H,33,34)(H,23,29,30)/t13-,14+,15+,16+,17+,18+,19-,21+/m0/s1. The number of phosphoric acid groups is 2. The van der Waals surface area contributed by atoms with Gasteiger partial charge in [0.25, 0.3) is 5.56 Å². The Morgan fingerprint density at radius 2 is 1.74 bits per heavy atom. The van der Waals surface area contributed by atoms with Crippen LogP contribution in [0.25, 0.3) is 0 Å². The highest BCUT2D eigenvalue weighted by atomic mass is 31.3. The predicted octanol–water partition coefficient (Wildman–Crippen LogP) is -0.996. The molecule has 2 saturated heterocycles. The van der Waals surface area contributed by atoms with E-state index >= 15 is 0 Å². The molecule has 1 aromatic heterocycles. The van der Waals surface area contributed by atoms with Gasteiger partial charge in [-0.15, -0.1) is 0 Å². The number of aryl methyl sites for hydroxylation is 1. The molecule has 20 heteroatoms. The second-order valence-corrected chi connectivity index (χ2v) is 13.0. The van der Waals surface area contributed by atoms with Crippen LogP contribution < -0.4 is 11.2 Å². The van der Waals surface area contributed by atoms with E-state index in [1.54, 1.807) is 0 Å². The molecule has 7 N–H and O–H groups in total. The number of aliphatic hydroxyl groups excluding tert-OH is 4. The van der Waals surface area contributed by atoms with E-state index in [2.05, 4.69) is 9.29 Å². The number of rotatable bonds is 14. The molecule has 0 aromatic carbocycles. The van der Waals surface area contributed by atoms with E-state index in [-0.39, 0.29) is 24.5 Å². The molecule has 0 spiro atoms. The zero-order valence-electron chi connectivity index (χ0n) is 23.1. The Balaban J connectivity index is 1.61. The van der Waals surface area contributed by atoms with Crippen molar-refractivity contribution in [1.29, 1.82) is 0 Å². The smallest absolute Gasteiger partial charge is 0.394 e. The number of aromatic amines is 1. The van der Waals surface area contributed by atoms with E-state index in [4.69, 9.17) is 23.3 Å². The minimum atomic E-state index is -5.53. The Bertz CT molecular complexity index is 1250. The molecular weight excluding hydrogens is 610 g/mol. The number of hydrogen-bond acceptors (Lipinski definition) is 14. The van der Waals surface area contributed by atoms with Gasteiger partial charge in [-0.3, -0.25) is 23.4 Å². The Morgan fingerprint density at radius 1 is 1.07 bits per heavy atom. The van der Waals surface area contributed by atoms with Crippen molar-refractivity contribution in [3.63, 3.8) is 0 Å². The summed E-state index contributed by atoms with van der Waals surface area (Å²) in [5, 5.41) is 40.9. The van der Waals surface area contributed by atoms with Gasteiger partial charge in [0.15, 0.2) is 6.29 Å². The minimum absolute atomic E-state index is 0.0725. The van der Waals surface area contributed by atoms with E-state index in [1.807, 2.05) is 13.8 Å². The summed E-state index contributed by atoms with van der Waals surface area (Å²) >= 11 is 0. The molecule has 2 unspecified atom stereocenters. The average molecular weight is 648 g/mol. The highest BCUT2D eigenvalue weighted by Crippen LogP contribution is 2.61. The fourth-order valence-corrected chi connectivity index (χ4v) is 6.57. The van der Waals surface area contributed by atoms with Crippen LogP contribution in [-0.4, -0.2) is 102 Å². The maximum absolute atomic E-state index is 12.6. The zero-order valence-corrected chi connectivity index (χ0v) is 24.9. The molecule has 0 radical (unpaired) electrons. The molecule has 42 heavy (non-hydrogen) atoms. The normalized spacial score (nSPS) is 33.0. The summed E-state index contributed by atoms with van der Waals surface area (Å²) in [5.41, 5.74) is -1.23. The van der Waals surface area contributed by atoms with Crippen LogP contribution in [0.5, 0.6) is 0 Å². The lowest BCUT2D eigenvalue weighted by Gasteiger charge is -2.42. The van der Waals surface area contributed by atoms with E-state index in [0.717, 1.165) is 17.4 Å². The highest BCUT2D eigenvalue weighted by Gasteiger charge is 2.50.